The van der Waals surface area contributed by atoms with Gasteiger partial charge in [-0.3, -0.25) is 14.8 Å². The highest BCUT2D eigenvalue weighted by atomic mass is 35.5. The van der Waals surface area contributed by atoms with Crippen molar-refractivity contribution in [3.8, 4) is 45.4 Å². The Balaban J connectivity index is 1.38. The van der Waals surface area contributed by atoms with Crippen LogP contribution in [0.2, 0.25) is 10.0 Å². The average molecular weight is 683 g/mol. The predicted octanol–water partition coefficient (Wildman–Crippen LogP) is 3.79. The molecule has 5 N–H and O–H groups in total. The molecule has 2 aromatic heterocycles. The van der Waals surface area contributed by atoms with Crippen molar-refractivity contribution in [2.45, 2.75) is 44.4 Å². The van der Waals surface area contributed by atoms with Crippen molar-refractivity contribution in [1.82, 2.24) is 35.9 Å². The highest BCUT2D eigenvalue weighted by molar-refractivity contribution is 6.39. The number of nitrogens with zero attached hydrogens (tertiary/aromatic N) is 4. The van der Waals surface area contributed by atoms with Crippen LogP contribution >= 0.6 is 23.2 Å². The van der Waals surface area contributed by atoms with Gasteiger partial charge in [0.2, 0.25) is 17.7 Å². The minimum atomic E-state index is -0.280. The van der Waals surface area contributed by atoms with Crippen LogP contribution in [-0.4, -0.2) is 82.1 Å². The number of ether oxygens (including phenoxy) is 2. The van der Waals surface area contributed by atoms with Gasteiger partial charge in [-0.15, -0.1) is 0 Å². The molecule has 4 aromatic rings. The van der Waals surface area contributed by atoms with Crippen LogP contribution in [0.3, 0.4) is 0 Å². The molecule has 0 aliphatic carbocycles. The number of carbonyl (C=O) groups is 1. The highest BCUT2D eigenvalue weighted by Crippen LogP contribution is 2.42. The van der Waals surface area contributed by atoms with Crippen molar-refractivity contribution >= 4 is 29.1 Å². The number of carbonyl (C=O) groups excluding carboxylic acids is 1. The van der Waals surface area contributed by atoms with Crippen LogP contribution < -0.4 is 25.4 Å². The summed E-state index contributed by atoms with van der Waals surface area (Å²) in [6, 6.07) is 11.0. The molecule has 5 rings (SSSR count). The summed E-state index contributed by atoms with van der Waals surface area (Å²) in [6.45, 7) is 1.19. The molecule has 0 bridgehead atoms. The van der Waals surface area contributed by atoms with E-state index in [-0.39, 0.29) is 31.2 Å². The number of aliphatic hydroxyl groups is 2. The van der Waals surface area contributed by atoms with Crippen LogP contribution in [0.4, 0.5) is 0 Å². The topological polar surface area (TPSA) is 164 Å². The zero-order valence-electron chi connectivity index (χ0n) is 26.1. The predicted molar refractivity (Wildman–Crippen MR) is 179 cm³/mol. The number of methoxy groups -OCH3 is 2. The van der Waals surface area contributed by atoms with Crippen LogP contribution in [0.15, 0.2) is 48.8 Å². The second-order valence-electron chi connectivity index (χ2n) is 11.0. The summed E-state index contributed by atoms with van der Waals surface area (Å²) in [6.07, 6.45) is 5.03. The Morgan fingerprint density at radius 2 is 1.45 bits per heavy atom. The van der Waals surface area contributed by atoms with Gasteiger partial charge in [-0.05, 0) is 12.8 Å². The van der Waals surface area contributed by atoms with Crippen LogP contribution in [0, 0.1) is 0 Å². The zero-order chi connectivity index (χ0) is 33.3. The van der Waals surface area contributed by atoms with Gasteiger partial charge in [-0.2, -0.15) is 0 Å². The fourth-order valence-corrected chi connectivity index (χ4v) is 6.00. The van der Waals surface area contributed by atoms with Gasteiger partial charge in [-0.25, -0.2) is 9.97 Å². The van der Waals surface area contributed by atoms with Crippen LogP contribution in [0.5, 0.6) is 11.8 Å². The third-order valence-electron chi connectivity index (χ3n) is 7.87. The normalized spacial score (nSPS) is 15.0. The van der Waals surface area contributed by atoms with E-state index in [0.29, 0.717) is 99.3 Å². The molecule has 0 unspecified atom stereocenters. The first-order chi connectivity index (χ1) is 22.9. The maximum Gasteiger partial charge on any atom is 0.237 e. The minimum absolute atomic E-state index is 0.0442. The van der Waals surface area contributed by atoms with Gasteiger partial charge < -0.3 is 35.6 Å². The van der Waals surface area contributed by atoms with E-state index in [4.69, 9.17) is 37.7 Å². The van der Waals surface area contributed by atoms with Gasteiger partial charge in [-0.1, -0.05) is 59.6 Å². The Labute approximate surface area is 282 Å². The van der Waals surface area contributed by atoms with E-state index >= 15 is 0 Å². The second kappa shape index (κ2) is 16.3. The molecule has 1 fully saturated rings. The van der Waals surface area contributed by atoms with E-state index in [1.54, 1.807) is 19.5 Å². The largest absolute Gasteiger partial charge is 0.480 e. The summed E-state index contributed by atoms with van der Waals surface area (Å²) in [4.78, 5) is 30.0. The van der Waals surface area contributed by atoms with E-state index in [1.807, 2.05) is 36.4 Å². The molecule has 0 radical (unpaired) electrons. The number of amides is 1. The first-order valence-corrected chi connectivity index (χ1v) is 16.0. The van der Waals surface area contributed by atoms with Crippen molar-refractivity contribution in [2.75, 3.05) is 34.0 Å². The van der Waals surface area contributed by atoms with Crippen LogP contribution in [0.25, 0.3) is 33.6 Å². The van der Waals surface area contributed by atoms with Crippen LogP contribution in [0.1, 0.15) is 30.7 Å². The lowest BCUT2D eigenvalue weighted by Crippen LogP contribution is -2.35. The van der Waals surface area contributed by atoms with Gasteiger partial charge >= 0.3 is 0 Å². The lowest BCUT2D eigenvalue weighted by atomic mass is 9.98. The van der Waals surface area contributed by atoms with E-state index in [2.05, 4.69) is 30.9 Å². The lowest BCUT2D eigenvalue weighted by Gasteiger charge is -2.16. The SMILES string of the molecule is COc1nc(-c2cccc(-c3cccc(-c4cnc(CN[C@@H](CO)CCO)c(OC)n4)c3Cl)c2Cl)cnc1CNC[C@@H]1CCC(=O)N1. The Hall–Kier alpha value is -3.91. The van der Waals surface area contributed by atoms with Crippen molar-refractivity contribution in [1.29, 1.82) is 0 Å². The van der Waals surface area contributed by atoms with Crippen LogP contribution in [-0.2, 0) is 17.9 Å². The third kappa shape index (κ3) is 8.15. The van der Waals surface area contributed by atoms with Crippen molar-refractivity contribution in [3.63, 3.8) is 0 Å². The molecule has 2 atom stereocenters. The number of benzene rings is 2. The molecule has 0 saturated carbocycles. The van der Waals surface area contributed by atoms with Gasteiger partial charge in [0.25, 0.3) is 0 Å². The van der Waals surface area contributed by atoms with Crippen molar-refractivity contribution < 1.29 is 24.5 Å². The first-order valence-electron chi connectivity index (χ1n) is 15.2. The average Bonchev–Trinajstić information content (AvgIpc) is 3.51. The van der Waals surface area contributed by atoms with Gasteiger partial charge in [0, 0.05) is 67.0 Å². The minimum Gasteiger partial charge on any atom is -0.480 e. The molecule has 248 valence electrons. The Bertz CT molecular complexity index is 1710. The molecule has 12 nitrogen and oxygen atoms in total. The Kier molecular flexibility index (Phi) is 11.9. The molecule has 1 aliphatic heterocycles. The van der Waals surface area contributed by atoms with Gasteiger partial charge in [0.05, 0.1) is 54.7 Å². The number of aliphatic hydroxyl groups excluding tert-OH is 2. The Morgan fingerprint density at radius 1 is 0.894 bits per heavy atom. The summed E-state index contributed by atoms with van der Waals surface area (Å²) in [5.41, 5.74) is 4.92. The molecule has 47 heavy (non-hydrogen) atoms. The summed E-state index contributed by atoms with van der Waals surface area (Å²) in [7, 11) is 3.05. The number of hydrogen-bond donors (Lipinski definition) is 5. The molecule has 1 aliphatic rings. The molecule has 3 heterocycles. The molecule has 2 aromatic carbocycles. The Morgan fingerprint density at radius 3 is 1.94 bits per heavy atom. The fraction of sp³-hybridized carbons (Fsp3) is 0.364. The third-order valence-corrected chi connectivity index (χ3v) is 8.69. The van der Waals surface area contributed by atoms with Crippen molar-refractivity contribution in [2.24, 2.45) is 0 Å². The number of rotatable bonds is 15. The number of nitrogens with one attached hydrogen (secondary N) is 3. The van der Waals surface area contributed by atoms with E-state index in [1.165, 1.54) is 7.11 Å². The number of hydrogen-bond acceptors (Lipinski definition) is 11. The molecular formula is C33H37Cl2N7O5. The van der Waals surface area contributed by atoms with Crippen molar-refractivity contribution in [3.05, 3.63) is 70.2 Å². The molecule has 14 heteroatoms. The number of aromatic nitrogens is 4. The molecule has 0 spiro atoms. The number of halogens is 2. The standard InChI is InChI=1S/C33H37Cl2N7O5/c1-46-32-27(14-36-13-19-9-10-29(45)40-19)38-15-25(41-32)23-7-3-5-21(30(23)34)22-6-4-8-24(31(22)35)26-16-39-28(33(42-26)47-2)17-37-20(18-44)11-12-43/h3-8,15-16,19-20,36-37,43-44H,9-14,17-18H2,1-2H3,(H,40,45)/t19-,20+/m0/s1. The summed E-state index contributed by atoms with van der Waals surface area (Å²) in [5.74, 6) is 0.762. The molecule has 1 saturated heterocycles. The maximum absolute atomic E-state index is 11.5. The first kappa shape index (κ1) is 34.4. The second-order valence-corrected chi connectivity index (χ2v) is 11.7. The fourth-order valence-electron chi connectivity index (χ4n) is 5.35. The summed E-state index contributed by atoms with van der Waals surface area (Å²) in [5, 5.41) is 29.0. The quantitative estimate of drug-likeness (QED) is 0.124. The highest BCUT2D eigenvalue weighted by Gasteiger charge is 2.22. The monoisotopic (exact) mass is 681 g/mol. The van der Waals surface area contributed by atoms with E-state index in [9.17, 15) is 15.0 Å². The molecular weight excluding hydrogens is 645 g/mol. The summed E-state index contributed by atoms with van der Waals surface area (Å²) >= 11 is 14.0. The smallest absolute Gasteiger partial charge is 0.237 e. The summed E-state index contributed by atoms with van der Waals surface area (Å²) < 4.78 is 11.1. The maximum atomic E-state index is 11.5. The van der Waals surface area contributed by atoms with E-state index < -0.39 is 0 Å². The molecule has 1 amide bonds. The van der Waals surface area contributed by atoms with Gasteiger partial charge in [0.1, 0.15) is 11.4 Å². The lowest BCUT2D eigenvalue weighted by molar-refractivity contribution is -0.119. The van der Waals surface area contributed by atoms with E-state index in [0.717, 1.165) is 6.42 Å². The van der Waals surface area contributed by atoms with Gasteiger partial charge in [0.15, 0.2) is 0 Å². The zero-order valence-corrected chi connectivity index (χ0v) is 27.6.